The van der Waals surface area contributed by atoms with Crippen LogP contribution in [-0.4, -0.2) is 12.1 Å². The summed E-state index contributed by atoms with van der Waals surface area (Å²) in [4.78, 5) is 10.3. The molecule has 0 atom stereocenters. The molecule has 0 aliphatic rings. The molecule has 0 amide bonds. The molecule has 0 heterocycles. The smallest absolute Gasteiger partial charge is 0.425 e. The summed E-state index contributed by atoms with van der Waals surface area (Å²) in [6.07, 6.45) is -1.02. The molecule has 0 aliphatic heterocycles. The Labute approximate surface area is 80.7 Å². The van der Waals surface area contributed by atoms with E-state index < -0.39 is 12.1 Å². The van der Waals surface area contributed by atoms with Crippen molar-refractivity contribution in [3.8, 4) is 0 Å². The molecule has 2 nitrogen and oxygen atoms in total. The van der Waals surface area contributed by atoms with Crippen LogP contribution in [0.3, 0.4) is 0 Å². The van der Waals surface area contributed by atoms with E-state index in [-0.39, 0.29) is 5.76 Å². The molecule has 5 heteroatoms. The molecule has 82 valence electrons. The summed E-state index contributed by atoms with van der Waals surface area (Å²) in [5, 5.41) is 0. The van der Waals surface area contributed by atoms with Gasteiger partial charge in [-0.15, -0.1) is 0 Å². The Bertz CT molecular complexity index is 219. The molecule has 0 aromatic heterocycles. The molecular formula is C9H13F3O2. The number of hydrogen-bond donors (Lipinski definition) is 0. The van der Waals surface area contributed by atoms with Gasteiger partial charge in [0.2, 0.25) is 0 Å². The third kappa shape index (κ3) is 5.61. The molecule has 0 fully saturated rings. The highest BCUT2D eigenvalue weighted by atomic mass is 19.4. The molecule has 0 aromatic rings. The highest BCUT2D eigenvalue weighted by molar-refractivity contribution is 5.76. The first-order valence-corrected chi connectivity index (χ1v) is 4.33. The van der Waals surface area contributed by atoms with Gasteiger partial charge >= 0.3 is 12.1 Å². The van der Waals surface area contributed by atoms with Gasteiger partial charge in [-0.25, -0.2) is 4.79 Å². The average molecular weight is 210 g/mol. The first-order chi connectivity index (χ1) is 6.38. The van der Waals surface area contributed by atoms with Gasteiger partial charge in [0.1, 0.15) is 5.76 Å². The van der Waals surface area contributed by atoms with Crippen molar-refractivity contribution in [1.82, 2.24) is 0 Å². The van der Waals surface area contributed by atoms with E-state index in [1.165, 1.54) is 13.0 Å². The highest BCUT2D eigenvalue weighted by Gasteiger charge is 2.41. The van der Waals surface area contributed by atoms with Crippen molar-refractivity contribution in [2.75, 3.05) is 0 Å². The Balaban J connectivity index is 3.99. The lowest BCUT2D eigenvalue weighted by atomic mass is 10.2. The number of halogens is 3. The second-order valence-corrected chi connectivity index (χ2v) is 2.84. The zero-order valence-electron chi connectivity index (χ0n) is 8.15. The number of ether oxygens (including phenoxy) is 1. The van der Waals surface area contributed by atoms with Gasteiger partial charge in [-0.1, -0.05) is 13.3 Å². The second kappa shape index (κ2) is 5.67. The summed E-state index contributed by atoms with van der Waals surface area (Å²) in [6.45, 7) is 3.30. The third-order valence-corrected chi connectivity index (χ3v) is 1.47. The van der Waals surface area contributed by atoms with Gasteiger partial charge in [-0.3, -0.25) is 0 Å². The Morgan fingerprint density at radius 2 is 2.00 bits per heavy atom. The molecule has 0 unspecified atom stereocenters. The van der Waals surface area contributed by atoms with Gasteiger partial charge in [0.05, 0.1) is 0 Å². The van der Waals surface area contributed by atoms with Crippen LogP contribution in [0.2, 0.25) is 0 Å². The first-order valence-electron chi connectivity index (χ1n) is 4.33. The Morgan fingerprint density at radius 1 is 1.43 bits per heavy atom. The molecule has 0 saturated heterocycles. The largest absolute Gasteiger partial charge is 0.491 e. The summed E-state index contributed by atoms with van der Waals surface area (Å²) in [6, 6.07) is 0. The standard InChI is InChI=1S/C9H13F3O2/c1-3-4-5-6-7(2)14-8(13)9(10,11)12/h6H,3-5H2,1-2H3. The second-order valence-electron chi connectivity index (χ2n) is 2.84. The number of rotatable bonds is 4. The number of carbonyl (C=O) groups excluding carboxylic acids is 1. The molecule has 0 aliphatic carbocycles. The molecule has 0 rings (SSSR count). The van der Waals surface area contributed by atoms with Crippen LogP contribution in [0.25, 0.3) is 0 Å². The number of unbranched alkanes of at least 4 members (excludes halogenated alkanes) is 2. The van der Waals surface area contributed by atoms with Crippen molar-refractivity contribution in [3.05, 3.63) is 11.8 Å². The molecule has 0 bridgehead atoms. The summed E-state index contributed by atoms with van der Waals surface area (Å²) < 4.78 is 39.1. The minimum atomic E-state index is -4.92. The average Bonchev–Trinajstić information content (AvgIpc) is 2.03. The van der Waals surface area contributed by atoms with Gasteiger partial charge in [-0.2, -0.15) is 13.2 Å². The van der Waals surface area contributed by atoms with Crippen molar-refractivity contribution >= 4 is 5.97 Å². The Morgan fingerprint density at radius 3 is 2.43 bits per heavy atom. The van der Waals surface area contributed by atoms with Gasteiger partial charge in [0.15, 0.2) is 0 Å². The minimum Gasteiger partial charge on any atom is -0.425 e. The van der Waals surface area contributed by atoms with Crippen LogP contribution in [0.5, 0.6) is 0 Å². The topological polar surface area (TPSA) is 26.3 Å². The van der Waals surface area contributed by atoms with Gasteiger partial charge in [0.25, 0.3) is 0 Å². The number of hydrogen-bond acceptors (Lipinski definition) is 2. The third-order valence-electron chi connectivity index (χ3n) is 1.47. The predicted molar refractivity (Wildman–Crippen MR) is 45.4 cm³/mol. The summed E-state index contributed by atoms with van der Waals surface area (Å²) >= 11 is 0. The van der Waals surface area contributed by atoms with Crippen LogP contribution in [0.4, 0.5) is 13.2 Å². The van der Waals surface area contributed by atoms with Gasteiger partial charge < -0.3 is 4.74 Å². The van der Waals surface area contributed by atoms with E-state index in [9.17, 15) is 18.0 Å². The van der Waals surface area contributed by atoms with E-state index in [0.717, 1.165) is 12.8 Å². The van der Waals surface area contributed by atoms with E-state index in [1.54, 1.807) is 0 Å². The van der Waals surface area contributed by atoms with E-state index in [4.69, 9.17) is 0 Å². The number of allylic oxidation sites excluding steroid dienone is 2. The van der Waals surface area contributed by atoms with Crippen LogP contribution < -0.4 is 0 Å². The van der Waals surface area contributed by atoms with E-state index in [2.05, 4.69) is 4.74 Å². The van der Waals surface area contributed by atoms with E-state index in [0.29, 0.717) is 6.42 Å². The molecular weight excluding hydrogens is 197 g/mol. The molecule has 0 N–H and O–H groups in total. The van der Waals surface area contributed by atoms with Crippen molar-refractivity contribution in [2.45, 2.75) is 39.3 Å². The first kappa shape index (κ1) is 13.0. The van der Waals surface area contributed by atoms with Gasteiger partial charge in [-0.05, 0) is 25.8 Å². The molecule has 0 saturated carbocycles. The zero-order valence-corrected chi connectivity index (χ0v) is 8.15. The lowest BCUT2D eigenvalue weighted by Crippen LogP contribution is -2.24. The van der Waals surface area contributed by atoms with Crippen LogP contribution in [0, 0.1) is 0 Å². The molecule has 0 radical (unpaired) electrons. The number of alkyl halides is 3. The fourth-order valence-electron chi connectivity index (χ4n) is 0.755. The lowest BCUT2D eigenvalue weighted by Gasteiger charge is -2.06. The minimum absolute atomic E-state index is 0.000718. The van der Waals surface area contributed by atoms with Crippen molar-refractivity contribution in [2.24, 2.45) is 0 Å². The summed E-state index contributed by atoms with van der Waals surface area (Å²) in [5.41, 5.74) is 0. The Hall–Kier alpha value is -1.00. The lowest BCUT2D eigenvalue weighted by molar-refractivity contribution is -0.195. The number of esters is 1. The SMILES string of the molecule is CCCCC=C(C)OC(=O)C(F)(F)F. The van der Waals surface area contributed by atoms with Crippen LogP contribution >= 0.6 is 0 Å². The predicted octanol–water partition coefficient (Wildman–Crippen LogP) is 3.19. The molecule has 14 heavy (non-hydrogen) atoms. The molecule has 0 spiro atoms. The van der Waals surface area contributed by atoms with Crippen molar-refractivity contribution < 1.29 is 22.7 Å². The van der Waals surface area contributed by atoms with Crippen molar-refractivity contribution in [3.63, 3.8) is 0 Å². The molecule has 0 aromatic carbocycles. The maximum absolute atomic E-state index is 11.7. The fourth-order valence-corrected chi connectivity index (χ4v) is 0.755. The van der Waals surface area contributed by atoms with E-state index in [1.807, 2.05) is 6.92 Å². The van der Waals surface area contributed by atoms with Crippen LogP contribution in [0.1, 0.15) is 33.1 Å². The number of carbonyl (C=O) groups is 1. The van der Waals surface area contributed by atoms with Crippen LogP contribution in [0.15, 0.2) is 11.8 Å². The zero-order chi connectivity index (χ0) is 11.2. The van der Waals surface area contributed by atoms with E-state index >= 15 is 0 Å². The summed E-state index contributed by atoms with van der Waals surface area (Å²) in [7, 11) is 0. The maximum atomic E-state index is 11.7. The monoisotopic (exact) mass is 210 g/mol. The quantitative estimate of drug-likeness (QED) is 0.404. The van der Waals surface area contributed by atoms with Gasteiger partial charge in [0, 0.05) is 0 Å². The van der Waals surface area contributed by atoms with Crippen molar-refractivity contribution in [1.29, 1.82) is 0 Å². The Kier molecular flexibility index (Phi) is 5.27. The fraction of sp³-hybridized carbons (Fsp3) is 0.667. The maximum Gasteiger partial charge on any atom is 0.491 e. The van der Waals surface area contributed by atoms with Crippen LogP contribution in [-0.2, 0) is 9.53 Å². The summed E-state index contributed by atoms with van der Waals surface area (Å²) in [5.74, 6) is -2.16. The normalized spacial score (nSPS) is 12.8. The highest BCUT2D eigenvalue weighted by Crippen LogP contribution is 2.18.